The lowest BCUT2D eigenvalue weighted by Gasteiger charge is -2.55. The first-order chi connectivity index (χ1) is 17.3. The number of methoxy groups -OCH3 is 1. The number of aliphatic carboxylic acids is 1. The van der Waals surface area contributed by atoms with Crippen molar-refractivity contribution in [1.29, 1.82) is 0 Å². The van der Waals surface area contributed by atoms with Gasteiger partial charge in [0.05, 0.1) is 15.0 Å². The van der Waals surface area contributed by atoms with Crippen LogP contribution in [0.4, 0.5) is 0 Å². The molecule has 3 aromatic heterocycles. The molecule has 2 amide bonds. The van der Waals surface area contributed by atoms with Crippen LogP contribution in [0.3, 0.4) is 0 Å². The Morgan fingerprint density at radius 1 is 1.39 bits per heavy atom. The third-order valence-corrected chi connectivity index (χ3v) is 10.4. The second kappa shape index (κ2) is 9.89. The largest absolute Gasteiger partial charge is 0.477 e. The lowest BCUT2D eigenvalue weighted by Crippen LogP contribution is -2.80. The summed E-state index contributed by atoms with van der Waals surface area (Å²) in [6, 6.07) is 6.80. The molecule has 3 atom stereocenters. The predicted molar refractivity (Wildman–Crippen MR) is 131 cm³/mol. The van der Waals surface area contributed by atoms with Crippen LogP contribution >= 0.6 is 34.9 Å². The molecule has 188 valence electrons. The fourth-order valence-corrected chi connectivity index (χ4v) is 8.08. The summed E-state index contributed by atoms with van der Waals surface area (Å²) in [5, 5.41) is 29.3. The first-order valence-corrected chi connectivity index (χ1v) is 14.4. The van der Waals surface area contributed by atoms with E-state index in [1.165, 1.54) is 46.6 Å². The van der Waals surface area contributed by atoms with Gasteiger partial charge >= 0.3 is 5.97 Å². The number of carboxylic acid groups (broad SMARTS) is 1. The van der Waals surface area contributed by atoms with Crippen molar-refractivity contribution in [3.63, 3.8) is 0 Å². The Morgan fingerprint density at radius 3 is 2.94 bits per heavy atom. The van der Waals surface area contributed by atoms with Crippen molar-refractivity contribution in [2.24, 2.45) is 0 Å². The number of nitrogens with zero attached hydrogens (tertiary/aromatic N) is 6. The van der Waals surface area contributed by atoms with E-state index >= 15 is 0 Å². The van der Waals surface area contributed by atoms with Gasteiger partial charge in [-0.25, -0.2) is 4.79 Å². The van der Waals surface area contributed by atoms with Crippen molar-refractivity contribution >= 4 is 69.1 Å². The van der Waals surface area contributed by atoms with Gasteiger partial charge in [0.15, 0.2) is 5.65 Å². The number of thiophene rings is 1. The molecule has 5 heterocycles. The van der Waals surface area contributed by atoms with Crippen LogP contribution in [0.15, 0.2) is 50.2 Å². The minimum Gasteiger partial charge on any atom is -0.477 e. The number of carbonyl (C=O) groups is 3. The van der Waals surface area contributed by atoms with Crippen molar-refractivity contribution in [2.45, 2.75) is 20.3 Å². The molecule has 36 heavy (non-hydrogen) atoms. The number of nitrogens with one attached hydrogen (secondary N) is 1. The van der Waals surface area contributed by atoms with Gasteiger partial charge in [0, 0.05) is 18.6 Å². The number of ether oxygens (including phenoxy) is 1. The number of thioether (sulfide) groups is 2. The van der Waals surface area contributed by atoms with Gasteiger partial charge in [-0.05, 0) is 39.6 Å². The van der Waals surface area contributed by atoms with E-state index in [0.717, 1.165) is 4.90 Å². The molecule has 17 heteroatoms. The molecule has 0 aliphatic carbocycles. The summed E-state index contributed by atoms with van der Waals surface area (Å²) in [6.45, 7) is 0. The molecule has 0 bridgehead atoms. The van der Waals surface area contributed by atoms with E-state index in [9.17, 15) is 23.7 Å². The standard InChI is InChI=1S/C19H17N7O6S4/c1-32-19(20-12(27)9-36(31)14-3-2-6-33-14)17(30)25-15(16(28)29)10(8-35-18(19)25)7-34-13-5-4-11-21-23-24-26(11)22-13/h2-6,18H,7-9H2,1H3,(H,20,27)(H,28,29)/t18-,19+,36?/m1/s1. The lowest BCUT2D eigenvalue weighted by atomic mass is 9.98. The summed E-state index contributed by atoms with van der Waals surface area (Å²) in [6.07, 6.45) is 0. The summed E-state index contributed by atoms with van der Waals surface area (Å²) in [7, 11) is -0.306. The number of aromatic nitrogens is 5. The zero-order chi connectivity index (χ0) is 25.4. The van der Waals surface area contributed by atoms with Crippen LogP contribution in [0.1, 0.15) is 0 Å². The van der Waals surface area contributed by atoms with Crippen LogP contribution < -0.4 is 5.32 Å². The van der Waals surface area contributed by atoms with E-state index in [1.54, 1.807) is 29.6 Å². The van der Waals surface area contributed by atoms with Crippen LogP contribution in [0.2, 0.25) is 0 Å². The Hall–Kier alpha value is -2.86. The number of fused-ring (bicyclic) bond motifs is 2. The first-order valence-electron chi connectivity index (χ1n) is 10.2. The van der Waals surface area contributed by atoms with E-state index in [4.69, 9.17) is 4.74 Å². The van der Waals surface area contributed by atoms with E-state index in [0.29, 0.717) is 20.5 Å². The molecule has 2 aliphatic rings. The maximum atomic E-state index is 13.2. The fourth-order valence-electron chi connectivity index (χ4n) is 3.75. The average Bonchev–Trinajstić information content (AvgIpc) is 3.57. The zero-order valence-electron chi connectivity index (χ0n) is 18.4. The normalized spacial score (nSPS) is 22.3. The van der Waals surface area contributed by atoms with Gasteiger partial charge in [-0.1, -0.05) is 6.07 Å². The molecule has 0 spiro atoms. The Bertz CT molecular complexity index is 1410. The molecule has 0 saturated carbocycles. The van der Waals surface area contributed by atoms with E-state index in [-0.39, 0.29) is 23.0 Å². The fraction of sp³-hybridized carbons (Fsp3) is 0.316. The molecule has 13 nitrogen and oxygen atoms in total. The molecule has 1 fully saturated rings. The Balaban J connectivity index is 1.32. The minimum absolute atomic E-state index is 0.149. The molecule has 0 radical (unpaired) electrons. The molecule has 3 aromatic rings. The summed E-state index contributed by atoms with van der Waals surface area (Å²) in [5.41, 5.74) is -0.892. The van der Waals surface area contributed by atoms with Gasteiger partial charge in [-0.2, -0.15) is 0 Å². The van der Waals surface area contributed by atoms with Crippen molar-refractivity contribution in [3.05, 3.63) is 40.9 Å². The molecule has 2 N–H and O–H groups in total. The topological polar surface area (TPSA) is 169 Å². The summed E-state index contributed by atoms with van der Waals surface area (Å²) in [4.78, 5) is 39.1. The highest BCUT2D eigenvalue weighted by atomic mass is 32.2. The Labute approximate surface area is 218 Å². The van der Waals surface area contributed by atoms with Crippen LogP contribution in [-0.4, -0.2) is 92.7 Å². The number of rotatable bonds is 9. The van der Waals surface area contributed by atoms with Crippen molar-refractivity contribution < 1.29 is 28.4 Å². The maximum absolute atomic E-state index is 13.2. The summed E-state index contributed by atoms with van der Waals surface area (Å²) >= 11 is 3.82. The average molecular weight is 568 g/mol. The van der Waals surface area contributed by atoms with Gasteiger partial charge in [0.2, 0.25) is 5.91 Å². The number of hydrogen-bond acceptors (Lipinski definition) is 12. The van der Waals surface area contributed by atoms with Crippen molar-refractivity contribution in [2.75, 3.05) is 24.4 Å². The third-order valence-electron chi connectivity index (χ3n) is 5.38. The van der Waals surface area contributed by atoms with E-state index < -0.39 is 39.7 Å². The number of β-lactam (4-membered cyclic amide) rings is 1. The molecular formula is C19H17N7O6S4. The summed E-state index contributed by atoms with van der Waals surface area (Å²) < 4.78 is 19.6. The van der Waals surface area contributed by atoms with Crippen molar-refractivity contribution in [1.82, 2.24) is 35.5 Å². The smallest absolute Gasteiger partial charge is 0.352 e. The Kier molecular flexibility index (Phi) is 6.82. The summed E-state index contributed by atoms with van der Waals surface area (Å²) in [5.74, 6) is -2.40. The first kappa shape index (κ1) is 24.8. The Morgan fingerprint density at radius 2 is 2.22 bits per heavy atom. The van der Waals surface area contributed by atoms with Crippen LogP contribution in [-0.2, 0) is 29.9 Å². The molecule has 1 saturated heterocycles. The van der Waals surface area contributed by atoms with Crippen LogP contribution in [0.25, 0.3) is 5.65 Å². The highest BCUT2D eigenvalue weighted by molar-refractivity contribution is 8.01. The number of tetrazole rings is 1. The highest BCUT2D eigenvalue weighted by Gasteiger charge is 2.66. The second-order valence-electron chi connectivity index (χ2n) is 7.49. The van der Waals surface area contributed by atoms with Crippen LogP contribution in [0.5, 0.6) is 0 Å². The highest BCUT2D eigenvalue weighted by Crippen LogP contribution is 2.47. The van der Waals surface area contributed by atoms with Gasteiger partial charge in [-0.15, -0.1) is 49.7 Å². The van der Waals surface area contributed by atoms with Gasteiger partial charge in [0.1, 0.15) is 21.8 Å². The SMILES string of the molecule is CO[C@@]1(NC(=O)CS(=O)c2cccs2)C(=O)N2C(C(=O)O)=C(CSc3ccc4nnnn4n3)CS[C@@H]21. The number of amides is 2. The van der Waals surface area contributed by atoms with Crippen LogP contribution in [0, 0.1) is 0 Å². The molecular weight excluding hydrogens is 551 g/mol. The third kappa shape index (κ3) is 4.30. The molecule has 0 aromatic carbocycles. The molecule has 1 unspecified atom stereocenters. The molecule has 5 rings (SSSR count). The van der Waals surface area contributed by atoms with Gasteiger partial charge < -0.3 is 15.2 Å². The lowest BCUT2D eigenvalue weighted by molar-refractivity contribution is -0.192. The number of hydrogen-bond donors (Lipinski definition) is 2. The second-order valence-corrected chi connectivity index (χ2v) is 12.2. The zero-order valence-corrected chi connectivity index (χ0v) is 21.7. The van der Waals surface area contributed by atoms with E-state index in [1.807, 2.05) is 0 Å². The maximum Gasteiger partial charge on any atom is 0.352 e. The van der Waals surface area contributed by atoms with Gasteiger partial charge in [-0.3, -0.25) is 18.7 Å². The molecule has 2 aliphatic heterocycles. The van der Waals surface area contributed by atoms with E-state index in [2.05, 4.69) is 25.9 Å². The number of carbonyl (C=O) groups excluding carboxylic acids is 2. The quantitative estimate of drug-likeness (QED) is 0.205. The minimum atomic E-state index is -1.74. The predicted octanol–water partition coefficient (Wildman–Crippen LogP) is 0.193. The number of carboxylic acids is 1. The monoisotopic (exact) mass is 567 g/mol. The van der Waals surface area contributed by atoms with Gasteiger partial charge in [0.25, 0.3) is 11.6 Å². The van der Waals surface area contributed by atoms with Crippen molar-refractivity contribution in [3.8, 4) is 0 Å².